The fraction of sp³-hybridized carbons (Fsp3) is 0.714. The molecule has 1 heterocycles. The molecule has 0 aromatic carbocycles. The van der Waals surface area contributed by atoms with Crippen LogP contribution in [0, 0.1) is 0 Å². The number of aliphatic imine (C=N–C) groups is 1. The van der Waals surface area contributed by atoms with Gasteiger partial charge in [0.25, 0.3) is 0 Å². The van der Waals surface area contributed by atoms with E-state index in [1.807, 2.05) is 4.90 Å². The van der Waals surface area contributed by atoms with Crippen LogP contribution in [0.5, 0.6) is 0 Å². The van der Waals surface area contributed by atoms with E-state index in [1.165, 1.54) is 0 Å². The Morgan fingerprint density at radius 1 is 1.42 bits per heavy atom. The van der Waals surface area contributed by atoms with Crippen molar-refractivity contribution in [2.24, 2.45) is 10.7 Å². The first-order chi connectivity index (χ1) is 5.74. The van der Waals surface area contributed by atoms with E-state index in [4.69, 9.17) is 5.73 Å². The smallest absolute Gasteiger partial charge is 0.236 e. The molecule has 0 aliphatic carbocycles. The van der Waals surface area contributed by atoms with Crippen molar-refractivity contribution in [3.8, 4) is 0 Å². The second-order valence-electron chi connectivity index (χ2n) is 2.88. The number of carbonyl (C=O) groups is 1. The molecule has 1 fully saturated rings. The van der Waals surface area contributed by atoms with Gasteiger partial charge in [-0.3, -0.25) is 4.79 Å². The summed E-state index contributed by atoms with van der Waals surface area (Å²) in [6, 6.07) is 0. The number of likely N-dealkylation sites (N-methyl/N-ethyl adjacent to an activating group) is 1. The monoisotopic (exact) mass is 170 g/mol. The maximum absolute atomic E-state index is 10.0. The first kappa shape index (κ1) is 8.99. The number of hydrogen-bond acceptors (Lipinski definition) is 2. The molecule has 1 amide bonds. The van der Waals surface area contributed by atoms with Crippen LogP contribution < -0.4 is 5.73 Å². The van der Waals surface area contributed by atoms with Crippen molar-refractivity contribution in [2.45, 2.75) is 0 Å². The summed E-state index contributed by atoms with van der Waals surface area (Å²) >= 11 is 0. The van der Waals surface area contributed by atoms with Crippen molar-refractivity contribution >= 4 is 12.4 Å². The summed E-state index contributed by atoms with van der Waals surface area (Å²) in [5.74, 6) is 0.332. The molecule has 5 nitrogen and oxygen atoms in total. The highest BCUT2D eigenvalue weighted by Crippen LogP contribution is 1.97. The highest BCUT2D eigenvalue weighted by atomic mass is 16.1. The summed E-state index contributed by atoms with van der Waals surface area (Å²) in [5.41, 5.74) is 5.53. The molecule has 0 bridgehead atoms. The summed E-state index contributed by atoms with van der Waals surface area (Å²) in [4.78, 5) is 17.6. The van der Waals surface area contributed by atoms with Gasteiger partial charge in [-0.05, 0) is 7.05 Å². The van der Waals surface area contributed by atoms with Gasteiger partial charge in [-0.15, -0.1) is 0 Å². The molecular formula is C7H14N4O. The third kappa shape index (κ3) is 2.20. The topological polar surface area (TPSA) is 61.9 Å². The quantitative estimate of drug-likeness (QED) is 0.302. The zero-order valence-corrected chi connectivity index (χ0v) is 7.23. The summed E-state index contributed by atoms with van der Waals surface area (Å²) in [6.45, 7) is 3.63. The molecule has 1 saturated heterocycles. The molecule has 0 atom stereocenters. The van der Waals surface area contributed by atoms with Crippen LogP contribution in [0.3, 0.4) is 0 Å². The zero-order chi connectivity index (χ0) is 8.97. The third-order valence-electron chi connectivity index (χ3n) is 2.01. The molecule has 0 aromatic rings. The summed E-state index contributed by atoms with van der Waals surface area (Å²) < 4.78 is 0. The maximum atomic E-state index is 10.0. The number of nitrogens with zero attached hydrogens (tertiary/aromatic N) is 3. The second-order valence-corrected chi connectivity index (χ2v) is 2.88. The average Bonchev–Trinajstić information content (AvgIpc) is 2.06. The van der Waals surface area contributed by atoms with Crippen molar-refractivity contribution in [1.29, 1.82) is 0 Å². The van der Waals surface area contributed by atoms with Crippen LogP contribution >= 0.6 is 0 Å². The molecule has 0 spiro atoms. The van der Waals surface area contributed by atoms with Crippen molar-refractivity contribution in [1.82, 2.24) is 9.80 Å². The zero-order valence-electron chi connectivity index (χ0n) is 7.23. The van der Waals surface area contributed by atoms with Gasteiger partial charge in [-0.2, -0.15) is 4.99 Å². The van der Waals surface area contributed by atoms with Gasteiger partial charge in [0.1, 0.15) is 0 Å². The Balaban J connectivity index is 2.44. The summed E-state index contributed by atoms with van der Waals surface area (Å²) in [7, 11) is 2.06. The van der Waals surface area contributed by atoms with Crippen LogP contribution in [0.15, 0.2) is 4.99 Å². The van der Waals surface area contributed by atoms with E-state index < -0.39 is 0 Å². The lowest BCUT2D eigenvalue weighted by atomic mass is 10.3. The lowest BCUT2D eigenvalue weighted by Crippen LogP contribution is -2.49. The van der Waals surface area contributed by atoms with Gasteiger partial charge in [-0.25, -0.2) is 0 Å². The van der Waals surface area contributed by atoms with Gasteiger partial charge >= 0.3 is 0 Å². The van der Waals surface area contributed by atoms with E-state index in [-0.39, 0.29) is 0 Å². The van der Waals surface area contributed by atoms with Gasteiger partial charge in [0.2, 0.25) is 6.41 Å². The van der Waals surface area contributed by atoms with Crippen LogP contribution in [0.4, 0.5) is 0 Å². The fourth-order valence-electron chi connectivity index (χ4n) is 1.17. The number of carbonyl (C=O) groups excluding carboxylic acids is 1. The van der Waals surface area contributed by atoms with Gasteiger partial charge in [0.05, 0.1) is 0 Å². The number of amides is 1. The highest BCUT2D eigenvalue weighted by molar-refractivity contribution is 5.84. The molecule has 0 radical (unpaired) electrons. The standard InChI is InChI=1S/C7H14N4O/c1-10-2-4-11(5-3-10)7(8)9-6-12/h6H,2-5H2,1H3,(H2,8,9,12). The van der Waals surface area contributed by atoms with E-state index in [0.717, 1.165) is 26.2 Å². The molecular weight excluding hydrogens is 156 g/mol. The molecule has 2 N–H and O–H groups in total. The Labute approximate surface area is 71.8 Å². The third-order valence-corrected chi connectivity index (χ3v) is 2.01. The lowest BCUT2D eigenvalue weighted by Gasteiger charge is -2.32. The summed E-state index contributed by atoms with van der Waals surface area (Å²) in [6.07, 6.45) is 0.480. The van der Waals surface area contributed by atoms with Gasteiger partial charge in [-0.1, -0.05) is 0 Å². The molecule has 1 aliphatic rings. The SMILES string of the molecule is CN1CCN(/C(N)=N/C=O)CC1. The predicted molar refractivity (Wildman–Crippen MR) is 46.8 cm³/mol. The number of piperazine rings is 1. The first-order valence-corrected chi connectivity index (χ1v) is 3.94. The molecule has 0 saturated carbocycles. The predicted octanol–water partition coefficient (Wildman–Crippen LogP) is -1.30. The number of nitrogens with two attached hydrogens (primary N) is 1. The van der Waals surface area contributed by atoms with Crippen LogP contribution in [-0.2, 0) is 4.79 Å². The molecule has 68 valence electrons. The molecule has 1 aliphatic heterocycles. The molecule has 0 unspecified atom stereocenters. The Kier molecular flexibility index (Phi) is 3.04. The van der Waals surface area contributed by atoms with Crippen LogP contribution in [0.2, 0.25) is 0 Å². The van der Waals surface area contributed by atoms with Crippen molar-refractivity contribution in [3.63, 3.8) is 0 Å². The highest BCUT2D eigenvalue weighted by Gasteiger charge is 2.14. The van der Waals surface area contributed by atoms with Crippen molar-refractivity contribution < 1.29 is 4.79 Å². The maximum Gasteiger partial charge on any atom is 0.236 e. The molecule has 1 rings (SSSR count). The lowest BCUT2D eigenvalue weighted by molar-refractivity contribution is -0.106. The Morgan fingerprint density at radius 3 is 2.50 bits per heavy atom. The minimum absolute atomic E-state index is 0.332. The average molecular weight is 170 g/mol. The first-order valence-electron chi connectivity index (χ1n) is 3.94. The van der Waals surface area contributed by atoms with Crippen LogP contribution in [-0.4, -0.2) is 55.4 Å². The number of guanidine groups is 1. The normalized spacial score (nSPS) is 21.1. The Bertz CT molecular complexity index is 184. The van der Waals surface area contributed by atoms with Crippen molar-refractivity contribution in [3.05, 3.63) is 0 Å². The van der Waals surface area contributed by atoms with Crippen LogP contribution in [0.25, 0.3) is 0 Å². The fourth-order valence-corrected chi connectivity index (χ4v) is 1.17. The van der Waals surface area contributed by atoms with E-state index in [1.54, 1.807) is 0 Å². The Hall–Kier alpha value is -1.10. The van der Waals surface area contributed by atoms with Gasteiger partial charge in [0.15, 0.2) is 5.96 Å². The largest absolute Gasteiger partial charge is 0.369 e. The molecule has 12 heavy (non-hydrogen) atoms. The van der Waals surface area contributed by atoms with Gasteiger partial charge < -0.3 is 15.5 Å². The van der Waals surface area contributed by atoms with E-state index in [9.17, 15) is 4.79 Å². The van der Waals surface area contributed by atoms with E-state index in [2.05, 4.69) is 16.9 Å². The number of hydrogen-bond donors (Lipinski definition) is 1. The van der Waals surface area contributed by atoms with Crippen LogP contribution in [0.1, 0.15) is 0 Å². The second kappa shape index (κ2) is 4.06. The van der Waals surface area contributed by atoms with E-state index >= 15 is 0 Å². The van der Waals surface area contributed by atoms with E-state index in [0.29, 0.717) is 12.4 Å². The Morgan fingerprint density at radius 2 is 2.00 bits per heavy atom. The molecule has 5 heteroatoms. The van der Waals surface area contributed by atoms with Gasteiger partial charge in [0, 0.05) is 26.2 Å². The number of rotatable bonds is 1. The molecule has 0 aromatic heterocycles. The van der Waals surface area contributed by atoms with Crippen molar-refractivity contribution in [2.75, 3.05) is 33.2 Å². The minimum atomic E-state index is 0.332. The summed E-state index contributed by atoms with van der Waals surface area (Å²) in [5, 5.41) is 0. The minimum Gasteiger partial charge on any atom is -0.369 e.